The van der Waals surface area contributed by atoms with Gasteiger partial charge in [0, 0.05) is 11.1 Å². The second kappa shape index (κ2) is 4.85. The van der Waals surface area contributed by atoms with E-state index in [0.29, 0.717) is 12.2 Å². The summed E-state index contributed by atoms with van der Waals surface area (Å²) in [7, 11) is 0. The normalized spacial score (nSPS) is 10.1. The number of amides is 1. The Hall–Kier alpha value is -1.75. The van der Waals surface area contributed by atoms with E-state index in [2.05, 4.69) is 14.7 Å². The first-order chi connectivity index (χ1) is 7.75. The Labute approximate surface area is 97.5 Å². The van der Waals surface area contributed by atoms with Crippen LogP contribution in [0.5, 0.6) is 0 Å². The first kappa shape index (κ1) is 10.8. The van der Waals surface area contributed by atoms with Crippen LogP contribution in [0.4, 0.5) is 0 Å². The van der Waals surface area contributed by atoms with Crippen LogP contribution in [0.2, 0.25) is 0 Å². The SMILES string of the molecule is Cc1cc(C(=O)NCc2ccccn2)ns1. The molecule has 0 saturated carbocycles. The molecule has 0 aliphatic rings. The lowest BCUT2D eigenvalue weighted by Gasteiger charge is -2.01. The molecule has 0 aromatic carbocycles. The maximum Gasteiger partial charge on any atom is 0.271 e. The van der Waals surface area contributed by atoms with Gasteiger partial charge in [0.2, 0.25) is 0 Å². The average molecular weight is 233 g/mol. The molecule has 2 aromatic heterocycles. The summed E-state index contributed by atoms with van der Waals surface area (Å²) < 4.78 is 4.04. The molecule has 0 aliphatic carbocycles. The molecule has 0 atom stereocenters. The van der Waals surface area contributed by atoms with Gasteiger partial charge in [-0.05, 0) is 36.7 Å². The van der Waals surface area contributed by atoms with Gasteiger partial charge in [0.25, 0.3) is 5.91 Å². The van der Waals surface area contributed by atoms with Crippen LogP contribution in [0.3, 0.4) is 0 Å². The summed E-state index contributed by atoms with van der Waals surface area (Å²) in [5.41, 5.74) is 1.31. The Morgan fingerprint density at radius 3 is 3.00 bits per heavy atom. The smallest absolute Gasteiger partial charge is 0.271 e. The van der Waals surface area contributed by atoms with Gasteiger partial charge in [-0.3, -0.25) is 9.78 Å². The van der Waals surface area contributed by atoms with E-state index in [1.54, 1.807) is 12.3 Å². The van der Waals surface area contributed by atoms with Crippen LogP contribution in [-0.4, -0.2) is 15.3 Å². The molecule has 0 fully saturated rings. The Balaban J connectivity index is 1.94. The molecular weight excluding hydrogens is 222 g/mol. The van der Waals surface area contributed by atoms with Crippen molar-refractivity contribution < 1.29 is 4.79 Å². The number of rotatable bonds is 3. The van der Waals surface area contributed by atoms with Crippen LogP contribution in [0.25, 0.3) is 0 Å². The van der Waals surface area contributed by atoms with Crippen molar-refractivity contribution in [2.45, 2.75) is 13.5 Å². The van der Waals surface area contributed by atoms with Crippen LogP contribution in [-0.2, 0) is 6.54 Å². The summed E-state index contributed by atoms with van der Waals surface area (Å²) in [6, 6.07) is 7.38. The maximum atomic E-state index is 11.6. The van der Waals surface area contributed by atoms with Crippen LogP contribution in [0.15, 0.2) is 30.5 Å². The number of hydrogen-bond donors (Lipinski definition) is 1. The minimum Gasteiger partial charge on any atom is -0.345 e. The fourth-order valence-electron chi connectivity index (χ4n) is 1.24. The molecule has 2 rings (SSSR count). The monoisotopic (exact) mass is 233 g/mol. The molecule has 0 bridgehead atoms. The van der Waals surface area contributed by atoms with Crippen molar-refractivity contribution in [3.8, 4) is 0 Å². The summed E-state index contributed by atoms with van der Waals surface area (Å²) in [5, 5.41) is 2.77. The van der Waals surface area contributed by atoms with Gasteiger partial charge < -0.3 is 5.32 Å². The summed E-state index contributed by atoms with van der Waals surface area (Å²) in [4.78, 5) is 16.8. The van der Waals surface area contributed by atoms with E-state index in [4.69, 9.17) is 0 Å². The lowest BCUT2D eigenvalue weighted by Crippen LogP contribution is -2.23. The Morgan fingerprint density at radius 1 is 1.50 bits per heavy atom. The number of hydrogen-bond acceptors (Lipinski definition) is 4. The molecule has 2 heterocycles. The lowest BCUT2D eigenvalue weighted by molar-refractivity contribution is 0.0946. The predicted molar refractivity (Wildman–Crippen MR) is 62.3 cm³/mol. The van der Waals surface area contributed by atoms with Crippen LogP contribution >= 0.6 is 11.5 Å². The molecule has 1 amide bonds. The van der Waals surface area contributed by atoms with Gasteiger partial charge in [0.05, 0.1) is 12.2 Å². The second-order valence-electron chi connectivity index (χ2n) is 3.33. The van der Waals surface area contributed by atoms with E-state index in [1.165, 1.54) is 11.5 Å². The molecule has 16 heavy (non-hydrogen) atoms. The highest BCUT2D eigenvalue weighted by Gasteiger charge is 2.08. The number of nitrogens with zero attached hydrogens (tertiary/aromatic N) is 2. The first-order valence-corrected chi connectivity index (χ1v) is 5.64. The highest BCUT2D eigenvalue weighted by Crippen LogP contribution is 2.07. The van der Waals surface area contributed by atoms with E-state index in [0.717, 1.165) is 10.6 Å². The summed E-state index contributed by atoms with van der Waals surface area (Å²) in [6.07, 6.45) is 1.70. The lowest BCUT2D eigenvalue weighted by atomic mass is 10.3. The zero-order valence-corrected chi connectivity index (χ0v) is 9.62. The Morgan fingerprint density at radius 2 is 2.38 bits per heavy atom. The third-order valence-electron chi connectivity index (χ3n) is 2.02. The third kappa shape index (κ3) is 2.64. The number of carbonyl (C=O) groups excluding carboxylic acids is 1. The van der Waals surface area contributed by atoms with Gasteiger partial charge >= 0.3 is 0 Å². The van der Waals surface area contributed by atoms with Crippen molar-refractivity contribution in [1.82, 2.24) is 14.7 Å². The highest BCUT2D eigenvalue weighted by atomic mass is 32.1. The standard InChI is InChI=1S/C11H11N3OS/c1-8-6-10(14-16-8)11(15)13-7-9-4-2-3-5-12-9/h2-6H,7H2,1H3,(H,13,15). The van der Waals surface area contributed by atoms with E-state index >= 15 is 0 Å². The van der Waals surface area contributed by atoms with Gasteiger partial charge in [-0.2, -0.15) is 4.37 Å². The first-order valence-electron chi connectivity index (χ1n) is 4.87. The summed E-state index contributed by atoms with van der Waals surface area (Å²) >= 11 is 1.33. The third-order valence-corrected chi connectivity index (χ3v) is 2.71. The zero-order chi connectivity index (χ0) is 11.4. The number of carbonyl (C=O) groups is 1. The molecular formula is C11H11N3OS. The molecule has 4 nitrogen and oxygen atoms in total. The number of nitrogens with one attached hydrogen (secondary N) is 1. The largest absolute Gasteiger partial charge is 0.345 e. The molecule has 5 heteroatoms. The van der Waals surface area contributed by atoms with Gasteiger partial charge in [-0.1, -0.05) is 6.07 Å². The van der Waals surface area contributed by atoms with Crippen molar-refractivity contribution in [2.24, 2.45) is 0 Å². The number of pyridine rings is 1. The van der Waals surface area contributed by atoms with Crippen molar-refractivity contribution in [1.29, 1.82) is 0 Å². The average Bonchev–Trinajstić information content (AvgIpc) is 2.74. The van der Waals surface area contributed by atoms with E-state index in [-0.39, 0.29) is 5.91 Å². The molecule has 0 spiro atoms. The molecule has 0 unspecified atom stereocenters. The van der Waals surface area contributed by atoms with Crippen molar-refractivity contribution in [2.75, 3.05) is 0 Å². The van der Waals surface area contributed by atoms with E-state index < -0.39 is 0 Å². The van der Waals surface area contributed by atoms with Gasteiger partial charge in [0.1, 0.15) is 5.69 Å². The topological polar surface area (TPSA) is 54.9 Å². The number of aromatic nitrogens is 2. The van der Waals surface area contributed by atoms with Crippen LogP contribution in [0.1, 0.15) is 21.1 Å². The summed E-state index contributed by atoms with van der Waals surface area (Å²) in [6.45, 7) is 2.35. The second-order valence-corrected chi connectivity index (χ2v) is 4.34. The van der Waals surface area contributed by atoms with E-state index in [9.17, 15) is 4.79 Å². The van der Waals surface area contributed by atoms with Crippen molar-refractivity contribution in [3.05, 3.63) is 46.7 Å². The molecule has 0 saturated heterocycles. The van der Waals surface area contributed by atoms with Crippen LogP contribution < -0.4 is 5.32 Å². The fraction of sp³-hybridized carbons (Fsp3) is 0.182. The molecule has 2 aromatic rings. The quantitative estimate of drug-likeness (QED) is 0.879. The van der Waals surface area contributed by atoms with E-state index in [1.807, 2.05) is 25.1 Å². The van der Waals surface area contributed by atoms with Gasteiger partial charge in [-0.25, -0.2) is 0 Å². The molecule has 0 radical (unpaired) electrons. The Kier molecular flexibility index (Phi) is 3.26. The molecule has 0 aliphatic heterocycles. The van der Waals surface area contributed by atoms with Crippen molar-refractivity contribution >= 4 is 17.4 Å². The van der Waals surface area contributed by atoms with Gasteiger partial charge in [-0.15, -0.1) is 0 Å². The molecule has 1 N–H and O–H groups in total. The van der Waals surface area contributed by atoms with Gasteiger partial charge in [0.15, 0.2) is 0 Å². The summed E-state index contributed by atoms with van der Waals surface area (Å²) in [5.74, 6) is -0.157. The maximum absolute atomic E-state index is 11.6. The Bertz CT molecular complexity index is 481. The highest BCUT2D eigenvalue weighted by molar-refractivity contribution is 7.05. The zero-order valence-electron chi connectivity index (χ0n) is 8.80. The predicted octanol–water partition coefficient (Wildman–Crippen LogP) is 1.78. The van der Waals surface area contributed by atoms with Crippen molar-refractivity contribution in [3.63, 3.8) is 0 Å². The fourth-order valence-corrected chi connectivity index (χ4v) is 1.78. The number of aryl methyl sites for hydroxylation is 1. The minimum absolute atomic E-state index is 0.157. The molecule has 82 valence electrons. The van der Waals surface area contributed by atoms with Crippen LogP contribution in [0, 0.1) is 6.92 Å². The minimum atomic E-state index is -0.157.